The van der Waals surface area contributed by atoms with Gasteiger partial charge in [-0.2, -0.15) is 0 Å². The molecule has 31 heavy (non-hydrogen) atoms. The summed E-state index contributed by atoms with van der Waals surface area (Å²) < 4.78 is 14.0. The summed E-state index contributed by atoms with van der Waals surface area (Å²) in [7, 11) is 0. The van der Waals surface area contributed by atoms with Crippen LogP contribution in [0.3, 0.4) is 0 Å². The molecule has 5 rings (SSSR count). The van der Waals surface area contributed by atoms with Crippen LogP contribution in [0.25, 0.3) is 5.69 Å². The average molecular weight is 437 g/mol. The van der Waals surface area contributed by atoms with Crippen LogP contribution in [0, 0.1) is 0 Å². The van der Waals surface area contributed by atoms with Crippen molar-refractivity contribution < 1.29 is 14.3 Å². The van der Waals surface area contributed by atoms with E-state index in [1.54, 1.807) is 6.33 Å². The van der Waals surface area contributed by atoms with Crippen molar-refractivity contribution in [1.29, 1.82) is 0 Å². The van der Waals surface area contributed by atoms with E-state index in [0.717, 1.165) is 43.5 Å². The van der Waals surface area contributed by atoms with E-state index in [0.29, 0.717) is 16.6 Å². The van der Waals surface area contributed by atoms with E-state index >= 15 is 0 Å². The molecule has 0 unspecified atom stereocenters. The average Bonchev–Trinajstić information content (AvgIpc) is 3.52. The van der Waals surface area contributed by atoms with Crippen LogP contribution < -0.4 is 14.8 Å². The Bertz CT molecular complexity index is 1110. The summed E-state index contributed by atoms with van der Waals surface area (Å²) in [6.45, 7) is 2.11. The minimum absolute atomic E-state index is 0.113. The van der Waals surface area contributed by atoms with E-state index < -0.39 is 5.79 Å². The summed E-state index contributed by atoms with van der Waals surface area (Å²) in [6.07, 6.45) is 6.63. The zero-order valence-corrected chi connectivity index (χ0v) is 18.2. The Morgan fingerprint density at radius 1 is 1.16 bits per heavy atom. The van der Waals surface area contributed by atoms with Crippen molar-refractivity contribution in [2.75, 3.05) is 11.1 Å². The molecule has 160 valence electrons. The predicted molar refractivity (Wildman–Crippen MR) is 119 cm³/mol. The van der Waals surface area contributed by atoms with Crippen LogP contribution in [0.2, 0.25) is 0 Å². The molecule has 1 N–H and O–H groups in total. The Hall–Kier alpha value is -3.00. The third kappa shape index (κ3) is 3.99. The number of aryl methyl sites for hydroxylation is 1. The number of thioether (sulfide) groups is 1. The smallest absolute Gasteiger partial charge is 0.251 e. The lowest BCUT2D eigenvalue weighted by atomic mass is 10.1. The van der Waals surface area contributed by atoms with Crippen molar-refractivity contribution in [3.8, 4) is 17.2 Å². The Balaban J connectivity index is 1.23. The van der Waals surface area contributed by atoms with Crippen LogP contribution in [0.4, 0.5) is 5.69 Å². The van der Waals surface area contributed by atoms with Crippen molar-refractivity contribution >= 4 is 23.4 Å². The zero-order valence-electron chi connectivity index (χ0n) is 17.3. The molecule has 3 aromatic rings. The molecule has 8 heteroatoms. The highest BCUT2D eigenvalue weighted by Crippen LogP contribution is 2.47. The quantitative estimate of drug-likeness (QED) is 0.569. The Morgan fingerprint density at radius 2 is 1.97 bits per heavy atom. The topological polar surface area (TPSA) is 78.3 Å². The molecule has 2 heterocycles. The molecule has 1 spiro atoms. The number of benzene rings is 2. The molecule has 2 aliphatic rings. The van der Waals surface area contributed by atoms with Gasteiger partial charge in [-0.15, -0.1) is 10.2 Å². The van der Waals surface area contributed by atoms with Crippen LogP contribution in [0.1, 0.15) is 38.2 Å². The molecule has 1 aliphatic heterocycles. The molecule has 0 saturated heterocycles. The van der Waals surface area contributed by atoms with Crippen LogP contribution in [0.5, 0.6) is 11.5 Å². The first-order valence-electron chi connectivity index (χ1n) is 10.6. The van der Waals surface area contributed by atoms with Crippen molar-refractivity contribution in [3.63, 3.8) is 0 Å². The molecule has 0 atom stereocenters. The highest BCUT2D eigenvalue weighted by atomic mass is 32.2. The largest absolute Gasteiger partial charge is 0.448 e. The maximum atomic E-state index is 12.6. The minimum atomic E-state index is -0.500. The maximum Gasteiger partial charge on any atom is 0.251 e. The van der Waals surface area contributed by atoms with Crippen LogP contribution in [-0.4, -0.2) is 32.2 Å². The number of hydrogen-bond acceptors (Lipinski definition) is 6. The summed E-state index contributed by atoms with van der Waals surface area (Å²) in [6, 6.07) is 13.7. The standard InChI is InChI=1S/C23H24N4O3S/c1-2-16-7-3-4-8-18(16)27-15-24-26-22(27)31-14-21(28)25-17-9-10-19-20(13-17)30-23(29-19)11-5-6-12-23/h3-4,7-10,13,15H,2,5-6,11-12,14H2,1H3,(H,25,28). The van der Waals surface area contributed by atoms with Crippen molar-refractivity contribution in [2.45, 2.75) is 50.0 Å². The SMILES string of the molecule is CCc1ccccc1-n1cnnc1SCC(=O)Nc1ccc2c(c1)OC1(CCCC1)O2. The molecular weight excluding hydrogens is 412 g/mol. The normalized spacial score (nSPS) is 16.0. The Labute approximate surface area is 185 Å². The molecule has 0 radical (unpaired) electrons. The lowest BCUT2D eigenvalue weighted by molar-refractivity contribution is -0.113. The van der Waals surface area contributed by atoms with E-state index in [-0.39, 0.29) is 11.7 Å². The van der Waals surface area contributed by atoms with E-state index in [2.05, 4.69) is 28.5 Å². The van der Waals surface area contributed by atoms with Gasteiger partial charge in [-0.25, -0.2) is 0 Å². The van der Waals surface area contributed by atoms with Gasteiger partial charge in [0.15, 0.2) is 16.7 Å². The molecule has 1 fully saturated rings. The van der Waals surface area contributed by atoms with Gasteiger partial charge in [0, 0.05) is 24.6 Å². The van der Waals surface area contributed by atoms with Gasteiger partial charge in [0.25, 0.3) is 5.79 Å². The highest BCUT2D eigenvalue weighted by molar-refractivity contribution is 7.99. The van der Waals surface area contributed by atoms with Gasteiger partial charge >= 0.3 is 0 Å². The van der Waals surface area contributed by atoms with E-state index in [4.69, 9.17) is 9.47 Å². The second-order valence-corrected chi connectivity index (χ2v) is 8.73. The van der Waals surface area contributed by atoms with Gasteiger partial charge in [0.05, 0.1) is 11.4 Å². The first-order valence-corrected chi connectivity index (χ1v) is 11.6. The number of ether oxygens (including phenoxy) is 2. The van der Waals surface area contributed by atoms with Crippen molar-refractivity contribution in [2.24, 2.45) is 0 Å². The number of carbonyl (C=O) groups excluding carboxylic acids is 1. The molecule has 0 bridgehead atoms. The lowest BCUT2D eigenvalue weighted by Gasteiger charge is -2.21. The van der Waals surface area contributed by atoms with Crippen molar-refractivity contribution in [3.05, 3.63) is 54.4 Å². The van der Waals surface area contributed by atoms with E-state index in [1.165, 1.54) is 17.3 Å². The van der Waals surface area contributed by atoms with Crippen LogP contribution >= 0.6 is 11.8 Å². The molecule has 1 amide bonds. The number of nitrogens with one attached hydrogen (secondary N) is 1. The fourth-order valence-corrected chi connectivity index (χ4v) is 4.87. The number of aromatic nitrogens is 3. The first-order chi connectivity index (χ1) is 15.2. The summed E-state index contributed by atoms with van der Waals surface area (Å²) in [4.78, 5) is 12.6. The minimum Gasteiger partial charge on any atom is -0.448 e. The van der Waals surface area contributed by atoms with Gasteiger partial charge in [-0.05, 0) is 43.0 Å². The number of para-hydroxylation sites is 1. The third-order valence-electron chi connectivity index (χ3n) is 5.67. The molecular formula is C23H24N4O3S. The number of rotatable bonds is 6. The Morgan fingerprint density at radius 3 is 2.81 bits per heavy atom. The molecule has 7 nitrogen and oxygen atoms in total. The van der Waals surface area contributed by atoms with E-state index in [9.17, 15) is 4.79 Å². The van der Waals surface area contributed by atoms with E-state index in [1.807, 2.05) is 41.0 Å². The molecule has 1 aliphatic carbocycles. The number of nitrogens with zero attached hydrogens (tertiary/aromatic N) is 3. The second kappa shape index (κ2) is 8.26. The third-order valence-corrected chi connectivity index (χ3v) is 6.61. The molecule has 2 aromatic carbocycles. The summed E-state index contributed by atoms with van der Waals surface area (Å²) in [5.41, 5.74) is 2.93. The lowest BCUT2D eigenvalue weighted by Crippen LogP contribution is -2.34. The monoisotopic (exact) mass is 436 g/mol. The van der Waals surface area contributed by atoms with Gasteiger partial charge in [-0.3, -0.25) is 9.36 Å². The fourth-order valence-electron chi connectivity index (χ4n) is 4.15. The zero-order chi connectivity index (χ0) is 21.3. The van der Waals surface area contributed by atoms with Gasteiger partial charge < -0.3 is 14.8 Å². The van der Waals surface area contributed by atoms with Gasteiger partial charge in [0.2, 0.25) is 5.91 Å². The number of fused-ring (bicyclic) bond motifs is 1. The first kappa shape index (κ1) is 19.9. The molecule has 1 saturated carbocycles. The van der Waals surface area contributed by atoms with Crippen LogP contribution in [0.15, 0.2) is 53.9 Å². The van der Waals surface area contributed by atoms with Crippen LogP contribution in [-0.2, 0) is 11.2 Å². The summed E-state index contributed by atoms with van der Waals surface area (Å²) >= 11 is 1.36. The summed E-state index contributed by atoms with van der Waals surface area (Å²) in [5, 5.41) is 11.9. The number of hydrogen-bond donors (Lipinski definition) is 1. The van der Waals surface area contributed by atoms with Gasteiger partial charge in [-0.1, -0.05) is 36.9 Å². The maximum absolute atomic E-state index is 12.6. The number of anilines is 1. The molecule has 1 aromatic heterocycles. The highest BCUT2D eigenvalue weighted by Gasteiger charge is 2.44. The number of amides is 1. The predicted octanol–water partition coefficient (Wildman–Crippen LogP) is 4.60. The van der Waals surface area contributed by atoms with Crippen molar-refractivity contribution in [1.82, 2.24) is 14.8 Å². The Kier molecular flexibility index (Phi) is 5.31. The van der Waals surface area contributed by atoms with Gasteiger partial charge in [0.1, 0.15) is 6.33 Å². The summed E-state index contributed by atoms with van der Waals surface area (Å²) in [5.74, 6) is 1.06. The number of carbonyl (C=O) groups is 1. The second-order valence-electron chi connectivity index (χ2n) is 7.79. The fraction of sp³-hybridized carbons (Fsp3) is 0.348.